The minimum Gasteiger partial charge on any atom is -0.449 e. The number of hydrogen-bond acceptors (Lipinski definition) is 2. The standard InChI is InChI=1S/C55H76O3S/c56-55(57)58-59(48-34-20-7-21-35-48,53-49(42-26-12-3-13-27-42)36-46(40-22-8-1-9-23-40)37-50(53)43-28-14-4-15-29-43)54-51(44-30-16-5-17-31-44)38-47(41-24-10-2-11-25-41)39-52(54)45-32-18-6-19-33-45/h7,20-21,34-45H,1-6,8-19,22-33H2,(H,56,57). The topological polar surface area (TPSA) is 46.5 Å². The molecule has 0 aromatic heterocycles. The van der Waals surface area contributed by atoms with E-state index in [1.165, 1.54) is 225 Å². The van der Waals surface area contributed by atoms with Crippen LogP contribution in [0.3, 0.4) is 0 Å². The summed E-state index contributed by atoms with van der Waals surface area (Å²) in [4.78, 5) is 17.9. The monoisotopic (exact) mass is 817 g/mol. The van der Waals surface area contributed by atoms with Gasteiger partial charge in [-0.1, -0.05) is 158 Å². The minimum absolute atomic E-state index is 0.440. The average molecular weight is 817 g/mol. The van der Waals surface area contributed by atoms with Crippen LogP contribution in [-0.2, 0) is 4.18 Å². The molecule has 320 valence electrons. The van der Waals surface area contributed by atoms with Gasteiger partial charge in [-0.3, -0.25) is 0 Å². The highest BCUT2D eigenvalue weighted by molar-refractivity contribution is 8.30. The van der Waals surface area contributed by atoms with Crippen molar-refractivity contribution in [1.82, 2.24) is 0 Å². The summed E-state index contributed by atoms with van der Waals surface area (Å²) < 4.78 is 7.29. The van der Waals surface area contributed by atoms with E-state index in [0.29, 0.717) is 35.5 Å². The van der Waals surface area contributed by atoms with Crippen molar-refractivity contribution >= 4 is 16.5 Å². The van der Waals surface area contributed by atoms with E-state index in [-0.39, 0.29) is 0 Å². The first-order valence-corrected chi connectivity index (χ1v) is 26.8. The van der Waals surface area contributed by atoms with E-state index >= 15 is 0 Å². The van der Waals surface area contributed by atoms with E-state index in [4.69, 9.17) is 4.18 Å². The molecule has 0 spiro atoms. The van der Waals surface area contributed by atoms with Crippen molar-refractivity contribution in [3.05, 3.63) is 88.0 Å². The summed E-state index contributed by atoms with van der Waals surface area (Å²) in [6.45, 7) is 0. The second-order valence-corrected chi connectivity index (χ2v) is 22.9. The molecule has 3 aromatic carbocycles. The molecular weight excluding hydrogens is 741 g/mol. The van der Waals surface area contributed by atoms with Crippen LogP contribution in [-0.4, -0.2) is 11.3 Å². The van der Waals surface area contributed by atoms with Gasteiger partial charge in [0.05, 0.1) is 0 Å². The summed E-state index contributed by atoms with van der Waals surface area (Å²) in [6.07, 6.45) is 37.1. The van der Waals surface area contributed by atoms with Crippen molar-refractivity contribution in [3.8, 4) is 0 Å². The molecule has 0 amide bonds. The zero-order valence-electron chi connectivity index (χ0n) is 36.5. The van der Waals surface area contributed by atoms with Gasteiger partial charge in [0, 0.05) is 14.7 Å². The van der Waals surface area contributed by atoms with Crippen LogP contribution in [0, 0.1) is 0 Å². The zero-order valence-corrected chi connectivity index (χ0v) is 37.4. The average Bonchev–Trinajstić information content (AvgIpc) is 3.32. The highest BCUT2D eigenvalue weighted by Gasteiger charge is 2.47. The van der Waals surface area contributed by atoms with Crippen LogP contribution in [0.4, 0.5) is 4.79 Å². The Hall–Kier alpha value is -2.72. The van der Waals surface area contributed by atoms with Crippen molar-refractivity contribution in [1.29, 1.82) is 0 Å². The third-order valence-electron chi connectivity index (χ3n) is 16.5. The van der Waals surface area contributed by atoms with Gasteiger partial charge in [0.1, 0.15) is 0 Å². The molecular formula is C55H76O3S. The fraction of sp³-hybridized carbons (Fsp3) is 0.655. The van der Waals surface area contributed by atoms with Crippen LogP contribution in [0.2, 0.25) is 0 Å². The Morgan fingerprint density at radius 1 is 0.407 bits per heavy atom. The Morgan fingerprint density at radius 3 is 0.949 bits per heavy atom. The van der Waals surface area contributed by atoms with Gasteiger partial charge in [-0.2, -0.15) is 0 Å². The van der Waals surface area contributed by atoms with E-state index < -0.39 is 16.5 Å². The third kappa shape index (κ3) is 8.97. The second kappa shape index (κ2) is 19.5. The summed E-state index contributed by atoms with van der Waals surface area (Å²) in [6, 6.07) is 21.9. The van der Waals surface area contributed by atoms with E-state index in [1.807, 2.05) is 0 Å². The lowest BCUT2D eigenvalue weighted by atomic mass is 9.76. The van der Waals surface area contributed by atoms with Crippen LogP contribution >= 0.6 is 10.3 Å². The number of hydrogen-bond donors (Lipinski definition) is 1. The predicted molar refractivity (Wildman–Crippen MR) is 246 cm³/mol. The molecule has 1 N–H and O–H groups in total. The fourth-order valence-electron chi connectivity index (χ4n) is 13.5. The van der Waals surface area contributed by atoms with Crippen LogP contribution in [0.1, 0.15) is 262 Å². The molecule has 3 nitrogen and oxygen atoms in total. The molecule has 6 saturated carbocycles. The summed E-state index contributed by atoms with van der Waals surface area (Å²) in [5, 5.41) is 11.6. The van der Waals surface area contributed by atoms with Crippen molar-refractivity contribution in [2.45, 2.75) is 243 Å². The molecule has 6 aliphatic carbocycles. The van der Waals surface area contributed by atoms with Crippen molar-refractivity contribution in [3.63, 3.8) is 0 Å². The summed E-state index contributed by atoms with van der Waals surface area (Å²) >= 11 is 0. The molecule has 0 bridgehead atoms. The van der Waals surface area contributed by atoms with Gasteiger partial charge in [0.15, 0.2) is 0 Å². The van der Waals surface area contributed by atoms with Gasteiger partial charge in [-0.05, 0) is 168 Å². The molecule has 0 unspecified atom stereocenters. The summed E-state index contributed by atoms with van der Waals surface area (Å²) in [5.74, 6) is 2.97. The third-order valence-corrected chi connectivity index (χ3v) is 19.9. The van der Waals surface area contributed by atoms with Gasteiger partial charge in [-0.25, -0.2) is 4.79 Å². The summed E-state index contributed by atoms with van der Waals surface area (Å²) in [5.41, 5.74) is 9.11. The minimum atomic E-state index is -2.75. The van der Waals surface area contributed by atoms with Crippen LogP contribution < -0.4 is 0 Å². The Kier molecular flexibility index (Phi) is 13.8. The van der Waals surface area contributed by atoms with E-state index in [9.17, 15) is 9.90 Å². The normalized spacial score (nSPS) is 23.3. The smallest absolute Gasteiger partial charge is 0.449 e. The maximum atomic E-state index is 14.1. The quantitative estimate of drug-likeness (QED) is 0.222. The lowest BCUT2D eigenvalue weighted by Crippen LogP contribution is -2.24. The van der Waals surface area contributed by atoms with E-state index in [2.05, 4.69) is 54.6 Å². The maximum Gasteiger partial charge on any atom is 0.517 e. The summed E-state index contributed by atoms with van der Waals surface area (Å²) in [7, 11) is -2.75. The first-order chi connectivity index (χ1) is 29.1. The van der Waals surface area contributed by atoms with Gasteiger partial charge < -0.3 is 9.29 Å². The van der Waals surface area contributed by atoms with Crippen molar-refractivity contribution in [2.24, 2.45) is 0 Å². The van der Waals surface area contributed by atoms with Crippen molar-refractivity contribution in [2.75, 3.05) is 0 Å². The zero-order chi connectivity index (χ0) is 40.0. The SMILES string of the molecule is O=C(O)OS(c1ccccc1)(c1c(C2CCCCC2)cc(C2CCCCC2)cc1C1CCCCC1)c1c(C2CCCCC2)cc(C2CCCCC2)cc1C1CCCCC1. The van der Waals surface area contributed by atoms with Crippen LogP contribution in [0.5, 0.6) is 0 Å². The molecule has 6 fully saturated rings. The van der Waals surface area contributed by atoms with Crippen LogP contribution in [0.25, 0.3) is 0 Å². The number of rotatable bonds is 10. The Bertz CT molecular complexity index is 1650. The molecule has 0 radical (unpaired) electrons. The number of carboxylic acid groups (broad SMARTS) is 1. The fourth-order valence-corrected chi connectivity index (χ4v) is 17.4. The van der Waals surface area contributed by atoms with Crippen molar-refractivity contribution < 1.29 is 14.1 Å². The van der Waals surface area contributed by atoms with Gasteiger partial charge in [0.2, 0.25) is 0 Å². The maximum absolute atomic E-state index is 14.1. The predicted octanol–water partition coefficient (Wildman–Crippen LogP) is 17.9. The molecule has 0 saturated heterocycles. The highest BCUT2D eigenvalue weighted by atomic mass is 32.3. The molecule has 3 aromatic rings. The molecule has 0 aliphatic heterocycles. The van der Waals surface area contributed by atoms with E-state index in [0.717, 1.165) is 4.90 Å². The van der Waals surface area contributed by atoms with Gasteiger partial charge in [0.25, 0.3) is 0 Å². The second-order valence-electron chi connectivity index (χ2n) is 20.3. The number of benzene rings is 3. The Balaban J connectivity index is 1.42. The largest absolute Gasteiger partial charge is 0.517 e. The van der Waals surface area contributed by atoms with Gasteiger partial charge >= 0.3 is 6.16 Å². The molecule has 4 heteroatoms. The van der Waals surface area contributed by atoms with Crippen LogP contribution in [0.15, 0.2) is 69.3 Å². The lowest BCUT2D eigenvalue weighted by Gasteiger charge is -2.48. The molecule has 59 heavy (non-hydrogen) atoms. The Labute approximate surface area is 359 Å². The molecule has 0 heterocycles. The Morgan fingerprint density at radius 2 is 0.678 bits per heavy atom. The lowest BCUT2D eigenvalue weighted by molar-refractivity contribution is 0.150. The molecule has 9 rings (SSSR count). The number of carbonyl (C=O) groups is 1. The van der Waals surface area contributed by atoms with Gasteiger partial charge in [-0.15, -0.1) is 0 Å². The molecule has 0 atom stereocenters. The van der Waals surface area contributed by atoms with E-state index in [1.54, 1.807) is 11.1 Å². The highest BCUT2D eigenvalue weighted by Crippen LogP contribution is 2.75. The first kappa shape index (κ1) is 41.6. The molecule has 6 aliphatic rings. The first-order valence-electron chi connectivity index (χ1n) is 25.3.